The molecule has 0 bridgehead atoms. The summed E-state index contributed by atoms with van der Waals surface area (Å²) in [6.07, 6.45) is 0. The highest BCUT2D eigenvalue weighted by Gasteiger charge is 2.82. The Kier molecular flexibility index (Phi) is 3.71. The second kappa shape index (κ2) is 5.83. The third kappa shape index (κ3) is 1.79. The Morgan fingerprint density at radius 1 is 1.03 bits per heavy atom. The first-order valence-corrected chi connectivity index (χ1v) is 10.2. The highest BCUT2D eigenvalue weighted by Crippen LogP contribution is 2.67. The van der Waals surface area contributed by atoms with Gasteiger partial charge >= 0.3 is 0 Å². The predicted octanol–water partition coefficient (Wildman–Crippen LogP) is 3.12. The van der Waals surface area contributed by atoms with Crippen molar-refractivity contribution in [1.82, 2.24) is 4.90 Å². The number of nitrogens with zero attached hydrogens (tertiary/aromatic N) is 3. The average molecular weight is 483 g/mol. The molecule has 1 fully saturated rings. The molecule has 5 rings (SSSR count). The van der Waals surface area contributed by atoms with Crippen LogP contribution in [0.5, 0.6) is 0 Å². The largest absolute Gasteiger partial charge is 0.325 e. The van der Waals surface area contributed by atoms with Crippen LogP contribution in [0.3, 0.4) is 0 Å². The minimum Gasteiger partial charge on any atom is -0.325 e. The summed E-state index contributed by atoms with van der Waals surface area (Å²) < 4.78 is 0.663. The van der Waals surface area contributed by atoms with Gasteiger partial charge in [-0.1, -0.05) is 27.5 Å². The number of anilines is 2. The van der Waals surface area contributed by atoms with E-state index < -0.39 is 28.2 Å². The van der Waals surface area contributed by atoms with Gasteiger partial charge in [0, 0.05) is 33.0 Å². The topological polar surface area (TPSA) is 109 Å². The zero-order valence-corrected chi connectivity index (χ0v) is 17.9. The average Bonchev–Trinajstić information content (AvgIpc) is 3.26. The van der Waals surface area contributed by atoms with Crippen LogP contribution in [0.1, 0.15) is 11.1 Å². The van der Waals surface area contributed by atoms with Crippen molar-refractivity contribution < 1.29 is 9.59 Å². The molecule has 2 aromatic rings. The highest BCUT2D eigenvalue weighted by molar-refractivity contribution is 9.10. The second-order valence-corrected chi connectivity index (χ2v) is 9.09. The van der Waals surface area contributed by atoms with Crippen molar-refractivity contribution in [1.29, 1.82) is 10.5 Å². The van der Waals surface area contributed by atoms with E-state index in [1.165, 1.54) is 0 Å². The zero-order chi connectivity index (χ0) is 21.5. The van der Waals surface area contributed by atoms with E-state index in [0.717, 1.165) is 0 Å². The van der Waals surface area contributed by atoms with E-state index in [-0.39, 0.29) is 6.54 Å². The Balaban J connectivity index is 2.01. The Hall–Kier alpha value is -2.91. The molecule has 148 valence electrons. The molecule has 0 saturated carbocycles. The number of fused-ring (bicyclic) bond motifs is 5. The van der Waals surface area contributed by atoms with Crippen molar-refractivity contribution in [3.8, 4) is 12.1 Å². The molecule has 0 unspecified atom stereocenters. The number of nitriles is 2. The summed E-state index contributed by atoms with van der Waals surface area (Å²) in [5, 5.41) is 26.6. The van der Waals surface area contributed by atoms with E-state index >= 15 is 0 Å². The molecule has 0 aromatic heterocycles. The maximum absolute atomic E-state index is 13.8. The number of nitrogens with one attached hydrogen (secondary N) is 2. The third-order valence-electron chi connectivity index (χ3n) is 6.53. The Bertz CT molecular complexity index is 1250. The number of likely N-dealkylation sites (N-methyl/N-ethyl adjacent to an activating group) is 1. The summed E-state index contributed by atoms with van der Waals surface area (Å²) in [4.78, 5) is 29.1. The molecule has 2 aromatic carbocycles. The monoisotopic (exact) mass is 481 g/mol. The van der Waals surface area contributed by atoms with Crippen molar-refractivity contribution >= 4 is 50.7 Å². The molecule has 2 atom stereocenters. The van der Waals surface area contributed by atoms with E-state index in [1.54, 1.807) is 48.3 Å². The van der Waals surface area contributed by atoms with Gasteiger partial charge in [0.25, 0.3) is 5.91 Å². The standard InChI is InChI=1S/C21H13BrClN5O2/c1-28-10-19(8-24,9-25)20(13-6-11(22)2-4-15(13)26-17(20)29)21(28)14-7-12(23)3-5-16(14)27-18(21)30/h2-7H,10H2,1H3,(H,26,29)(H,27,30)/t20-,21+/m1/s1. The van der Waals surface area contributed by atoms with Crippen LogP contribution in [0, 0.1) is 28.1 Å². The SMILES string of the molecule is CN1CC(C#N)(C#N)[C@@]2(C(=O)Nc3ccc(Br)cc32)[C@]12C(=O)Nc1ccc(Cl)cc12. The molecule has 3 aliphatic heterocycles. The van der Waals surface area contributed by atoms with Gasteiger partial charge in [-0.3, -0.25) is 14.5 Å². The molecule has 3 heterocycles. The Morgan fingerprint density at radius 2 is 1.67 bits per heavy atom. The molecule has 3 aliphatic rings. The molecule has 1 saturated heterocycles. The second-order valence-electron chi connectivity index (χ2n) is 7.73. The molecule has 2 amide bonds. The van der Waals surface area contributed by atoms with E-state index in [4.69, 9.17) is 11.6 Å². The van der Waals surface area contributed by atoms with Crippen molar-refractivity contribution in [2.75, 3.05) is 24.2 Å². The maximum Gasteiger partial charge on any atom is 0.251 e. The van der Waals surface area contributed by atoms with Gasteiger partial charge in [0.2, 0.25) is 5.91 Å². The number of hydrogen-bond donors (Lipinski definition) is 2. The quantitative estimate of drug-likeness (QED) is 0.600. The number of hydrogen-bond acceptors (Lipinski definition) is 5. The van der Waals surface area contributed by atoms with Crippen molar-refractivity contribution in [3.63, 3.8) is 0 Å². The fourth-order valence-electron chi connectivity index (χ4n) is 5.52. The van der Waals surface area contributed by atoms with E-state index in [9.17, 15) is 20.1 Å². The lowest BCUT2D eigenvalue weighted by Crippen LogP contribution is -2.63. The highest BCUT2D eigenvalue weighted by atomic mass is 79.9. The van der Waals surface area contributed by atoms with Gasteiger partial charge in [-0.25, -0.2) is 0 Å². The zero-order valence-electron chi connectivity index (χ0n) is 15.6. The van der Waals surface area contributed by atoms with Crippen LogP contribution in [-0.4, -0.2) is 30.3 Å². The molecule has 30 heavy (non-hydrogen) atoms. The normalized spacial score (nSPS) is 28.0. The van der Waals surface area contributed by atoms with E-state index in [0.29, 0.717) is 32.0 Å². The molecule has 0 radical (unpaired) electrons. The maximum atomic E-state index is 13.8. The summed E-state index contributed by atoms with van der Waals surface area (Å²) in [5.41, 5.74) is -3.39. The van der Waals surface area contributed by atoms with Crippen LogP contribution in [0.15, 0.2) is 40.9 Å². The number of halogens is 2. The van der Waals surface area contributed by atoms with Crippen molar-refractivity contribution in [2.24, 2.45) is 5.41 Å². The third-order valence-corrected chi connectivity index (χ3v) is 7.26. The van der Waals surface area contributed by atoms with Gasteiger partial charge < -0.3 is 10.6 Å². The summed E-state index contributed by atoms with van der Waals surface area (Å²) >= 11 is 9.71. The van der Waals surface area contributed by atoms with E-state index in [1.807, 2.05) is 0 Å². The number of rotatable bonds is 0. The van der Waals surface area contributed by atoms with Gasteiger partial charge in [-0.2, -0.15) is 10.5 Å². The Morgan fingerprint density at radius 3 is 2.37 bits per heavy atom. The minimum atomic E-state index is -1.82. The van der Waals surface area contributed by atoms with Crippen LogP contribution < -0.4 is 10.6 Å². The number of benzene rings is 2. The van der Waals surface area contributed by atoms with E-state index in [2.05, 4.69) is 38.7 Å². The fourth-order valence-corrected chi connectivity index (χ4v) is 6.05. The number of amides is 2. The minimum absolute atomic E-state index is 0.0985. The lowest BCUT2D eigenvalue weighted by Gasteiger charge is -2.43. The number of likely N-dealkylation sites (tertiary alicyclic amines) is 1. The molecular formula is C21H13BrClN5O2. The van der Waals surface area contributed by atoms with Gasteiger partial charge in [-0.15, -0.1) is 0 Å². The van der Waals surface area contributed by atoms with Crippen molar-refractivity contribution in [2.45, 2.75) is 11.0 Å². The summed E-state index contributed by atoms with van der Waals surface area (Å²) in [6.45, 7) is -0.0985. The fraction of sp³-hybridized carbons (Fsp3) is 0.238. The first-order chi connectivity index (χ1) is 14.3. The van der Waals surface area contributed by atoms with Crippen LogP contribution in [0.25, 0.3) is 0 Å². The lowest BCUT2D eigenvalue weighted by molar-refractivity contribution is -0.137. The first kappa shape index (κ1) is 19.1. The molecular weight excluding hydrogens is 470 g/mol. The number of carbonyl (C=O) groups excluding carboxylic acids is 2. The van der Waals surface area contributed by atoms with Crippen molar-refractivity contribution in [3.05, 3.63) is 57.0 Å². The first-order valence-electron chi connectivity index (χ1n) is 9.05. The summed E-state index contributed by atoms with van der Waals surface area (Å²) in [7, 11) is 1.65. The predicted molar refractivity (Wildman–Crippen MR) is 112 cm³/mol. The van der Waals surface area contributed by atoms with Gasteiger partial charge in [0.05, 0.1) is 12.1 Å². The smallest absolute Gasteiger partial charge is 0.251 e. The number of carbonyl (C=O) groups is 2. The van der Waals surface area contributed by atoms with Crippen LogP contribution in [0.4, 0.5) is 11.4 Å². The van der Waals surface area contributed by atoms with Crippen LogP contribution >= 0.6 is 27.5 Å². The van der Waals surface area contributed by atoms with Crippen LogP contribution in [0.2, 0.25) is 5.02 Å². The lowest BCUT2D eigenvalue weighted by atomic mass is 9.54. The Labute approximate surface area is 185 Å². The molecule has 2 spiro atoms. The van der Waals surface area contributed by atoms with Gasteiger partial charge in [0.15, 0.2) is 5.41 Å². The molecule has 0 aliphatic carbocycles. The molecule has 2 N–H and O–H groups in total. The summed E-state index contributed by atoms with van der Waals surface area (Å²) in [6, 6.07) is 14.3. The van der Waals surface area contributed by atoms with Gasteiger partial charge in [-0.05, 0) is 49.0 Å². The van der Waals surface area contributed by atoms with Crippen LogP contribution in [-0.2, 0) is 20.5 Å². The summed E-state index contributed by atoms with van der Waals surface area (Å²) in [5.74, 6) is -1.04. The molecule has 9 heteroatoms. The molecule has 7 nitrogen and oxygen atoms in total. The van der Waals surface area contributed by atoms with Gasteiger partial charge in [0.1, 0.15) is 11.0 Å².